The van der Waals surface area contributed by atoms with Gasteiger partial charge in [0, 0.05) is 58.5 Å². The van der Waals surface area contributed by atoms with Gasteiger partial charge in [-0.25, -0.2) is 0 Å². The van der Waals surface area contributed by atoms with Crippen molar-refractivity contribution < 1.29 is 0 Å². The topological polar surface area (TPSA) is 8.17 Å². The van der Waals surface area contributed by atoms with Crippen molar-refractivity contribution in [2.24, 2.45) is 0 Å². The Kier molecular flexibility index (Phi) is 8.42. The van der Waals surface area contributed by atoms with Crippen molar-refractivity contribution in [3.63, 3.8) is 0 Å². The number of benzene rings is 9. The Hall–Kier alpha value is -6.72. The highest BCUT2D eigenvalue weighted by atomic mass is 32.2. The number of hydrogen-bond donors (Lipinski definition) is 0. The SMILES string of the molecule is CC1(C)c2cc3c(cc2-c2ccc4c(c21)Sc1ccccc1S4)c1ccccc1n3-c1ccc(N(c2ccc(-c3ccccc3)cc2)c2ccc(-c3ccccc3)cc2)cc1. The van der Waals surface area contributed by atoms with Crippen LogP contribution >= 0.6 is 23.5 Å². The lowest BCUT2D eigenvalue weighted by molar-refractivity contribution is 0.643. The summed E-state index contributed by atoms with van der Waals surface area (Å²) in [5.41, 5.74) is 17.1. The minimum absolute atomic E-state index is 0.165. The molecule has 290 valence electrons. The summed E-state index contributed by atoms with van der Waals surface area (Å²) < 4.78 is 2.47. The van der Waals surface area contributed by atoms with Crippen LogP contribution in [0.5, 0.6) is 0 Å². The van der Waals surface area contributed by atoms with Crippen molar-refractivity contribution >= 4 is 62.4 Å². The van der Waals surface area contributed by atoms with Gasteiger partial charge < -0.3 is 9.47 Å². The highest BCUT2D eigenvalue weighted by Gasteiger charge is 2.40. The molecule has 1 aromatic heterocycles. The maximum atomic E-state index is 2.49. The molecule has 0 saturated heterocycles. The van der Waals surface area contributed by atoms with Crippen LogP contribution in [0.1, 0.15) is 25.0 Å². The molecule has 4 heteroatoms. The lowest BCUT2D eigenvalue weighted by atomic mass is 9.82. The van der Waals surface area contributed by atoms with E-state index >= 15 is 0 Å². The number of anilines is 3. The second kappa shape index (κ2) is 14.2. The largest absolute Gasteiger partial charge is 0.311 e. The van der Waals surface area contributed by atoms with Gasteiger partial charge in [-0.05, 0) is 129 Å². The van der Waals surface area contributed by atoms with E-state index in [4.69, 9.17) is 0 Å². The maximum Gasteiger partial charge on any atom is 0.0544 e. The molecular formula is C57H40N2S2. The average molecular weight is 817 g/mol. The first-order valence-electron chi connectivity index (χ1n) is 20.9. The Balaban J connectivity index is 0.965. The molecule has 2 nitrogen and oxygen atoms in total. The average Bonchev–Trinajstić information content (AvgIpc) is 3.76. The molecule has 2 aliphatic rings. The summed E-state index contributed by atoms with van der Waals surface area (Å²) in [7, 11) is 0. The predicted octanol–water partition coefficient (Wildman–Crippen LogP) is 16.5. The molecule has 0 saturated carbocycles. The molecule has 61 heavy (non-hydrogen) atoms. The molecule has 0 spiro atoms. The summed E-state index contributed by atoms with van der Waals surface area (Å²) in [5.74, 6) is 0. The minimum atomic E-state index is -0.165. The van der Waals surface area contributed by atoms with E-state index in [9.17, 15) is 0 Å². The zero-order valence-electron chi connectivity index (χ0n) is 33.8. The molecule has 10 aromatic rings. The van der Waals surface area contributed by atoms with E-state index in [1.807, 2.05) is 23.5 Å². The molecule has 12 rings (SSSR count). The van der Waals surface area contributed by atoms with Gasteiger partial charge in [0.15, 0.2) is 0 Å². The number of hydrogen-bond acceptors (Lipinski definition) is 3. The van der Waals surface area contributed by atoms with Gasteiger partial charge in [0.1, 0.15) is 0 Å². The normalized spacial score (nSPS) is 13.4. The summed E-state index contributed by atoms with van der Waals surface area (Å²) in [6, 6.07) is 75.6. The molecule has 1 aliphatic heterocycles. The zero-order chi connectivity index (χ0) is 40.7. The molecule has 2 heterocycles. The summed E-state index contributed by atoms with van der Waals surface area (Å²) in [4.78, 5) is 7.82. The van der Waals surface area contributed by atoms with Gasteiger partial charge in [-0.3, -0.25) is 0 Å². The van der Waals surface area contributed by atoms with Crippen molar-refractivity contribution in [2.45, 2.75) is 38.8 Å². The van der Waals surface area contributed by atoms with Crippen LogP contribution in [0.2, 0.25) is 0 Å². The van der Waals surface area contributed by atoms with Crippen LogP contribution < -0.4 is 4.90 Å². The smallest absolute Gasteiger partial charge is 0.0544 e. The third-order valence-corrected chi connectivity index (χ3v) is 15.2. The molecule has 9 aromatic carbocycles. The first kappa shape index (κ1) is 36.2. The van der Waals surface area contributed by atoms with E-state index in [1.54, 1.807) is 0 Å². The number of nitrogens with zero attached hydrogens (tertiary/aromatic N) is 2. The van der Waals surface area contributed by atoms with Gasteiger partial charge in [-0.2, -0.15) is 0 Å². The maximum absolute atomic E-state index is 2.49. The van der Waals surface area contributed by atoms with Crippen LogP contribution in [-0.4, -0.2) is 4.57 Å². The van der Waals surface area contributed by atoms with Gasteiger partial charge >= 0.3 is 0 Å². The van der Waals surface area contributed by atoms with Crippen LogP contribution in [-0.2, 0) is 5.41 Å². The third-order valence-electron chi connectivity index (χ3n) is 12.6. The van der Waals surface area contributed by atoms with Crippen LogP contribution in [0, 0.1) is 0 Å². The molecule has 0 N–H and O–H groups in total. The first-order valence-corrected chi connectivity index (χ1v) is 22.5. The monoisotopic (exact) mass is 816 g/mol. The second-order valence-electron chi connectivity index (χ2n) is 16.5. The number of para-hydroxylation sites is 1. The van der Waals surface area contributed by atoms with Crippen LogP contribution in [0.25, 0.3) is 60.9 Å². The summed E-state index contributed by atoms with van der Waals surface area (Å²) in [6.07, 6.45) is 0. The predicted molar refractivity (Wildman–Crippen MR) is 259 cm³/mol. The van der Waals surface area contributed by atoms with Crippen molar-refractivity contribution in [1.82, 2.24) is 4.57 Å². The Bertz CT molecular complexity index is 3210. The van der Waals surface area contributed by atoms with Crippen LogP contribution in [0.15, 0.2) is 226 Å². The Morgan fingerprint density at radius 1 is 0.410 bits per heavy atom. The highest BCUT2D eigenvalue weighted by molar-refractivity contribution is 8.05. The van der Waals surface area contributed by atoms with Crippen molar-refractivity contribution in [2.75, 3.05) is 4.90 Å². The van der Waals surface area contributed by atoms with Crippen molar-refractivity contribution in [3.05, 3.63) is 217 Å². The summed E-state index contributed by atoms with van der Waals surface area (Å²) in [5, 5.41) is 2.55. The summed E-state index contributed by atoms with van der Waals surface area (Å²) >= 11 is 3.84. The van der Waals surface area contributed by atoms with E-state index in [2.05, 4.69) is 230 Å². The molecular weight excluding hydrogens is 777 g/mol. The lowest BCUT2D eigenvalue weighted by Crippen LogP contribution is -2.17. The van der Waals surface area contributed by atoms with Gasteiger partial charge in [0.05, 0.1) is 11.0 Å². The fourth-order valence-electron chi connectivity index (χ4n) is 9.67. The molecule has 0 radical (unpaired) electrons. The number of aromatic nitrogens is 1. The van der Waals surface area contributed by atoms with Gasteiger partial charge in [0.2, 0.25) is 0 Å². The van der Waals surface area contributed by atoms with Gasteiger partial charge in [-0.1, -0.05) is 159 Å². The Labute approximate surface area is 365 Å². The fourth-order valence-corrected chi connectivity index (χ4v) is 12.2. The fraction of sp³-hybridized carbons (Fsp3) is 0.0526. The lowest BCUT2D eigenvalue weighted by Gasteiger charge is -2.28. The molecule has 0 unspecified atom stereocenters. The van der Waals surface area contributed by atoms with Crippen molar-refractivity contribution in [3.8, 4) is 39.1 Å². The quantitative estimate of drug-likeness (QED) is 0.165. The van der Waals surface area contributed by atoms with E-state index in [0.717, 1.165) is 22.7 Å². The van der Waals surface area contributed by atoms with Gasteiger partial charge in [-0.15, -0.1) is 0 Å². The Morgan fingerprint density at radius 3 is 1.56 bits per heavy atom. The minimum Gasteiger partial charge on any atom is -0.311 e. The molecule has 0 bridgehead atoms. The van der Waals surface area contributed by atoms with E-state index in [-0.39, 0.29) is 5.41 Å². The van der Waals surface area contributed by atoms with Crippen LogP contribution in [0.4, 0.5) is 17.1 Å². The van der Waals surface area contributed by atoms with E-state index in [1.165, 1.54) is 85.9 Å². The van der Waals surface area contributed by atoms with Gasteiger partial charge in [0.25, 0.3) is 0 Å². The number of rotatable bonds is 6. The molecule has 1 aliphatic carbocycles. The first-order chi connectivity index (χ1) is 30.0. The summed E-state index contributed by atoms with van der Waals surface area (Å²) in [6.45, 7) is 4.84. The number of fused-ring (bicyclic) bond motifs is 9. The molecule has 0 amide bonds. The van der Waals surface area contributed by atoms with E-state index < -0.39 is 0 Å². The van der Waals surface area contributed by atoms with E-state index in [0.29, 0.717) is 0 Å². The Morgan fingerprint density at radius 2 is 0.934 bits per heavy atom. The molecule has 0 fully saturated rings. The van der Waals surface area contributed by atoms with Crippen LogP contribution in [0.3, 0.4) is 0 Å². The molecule has 0 atom stereocenters. The third kappa shape index (κ3) is 5.89. The standard InChI is InChI=1S/C57H40N2S2/c1-57(2)49-36-51-48(35-47(49)46-33-34-54-56(55(46)57)61-53-20-12-11-19-52(53)60-54)45-17-9-10-18-50(45)59(51)44-31-29-43(30-32-44)58(41-25-21-39(22-26-41)37-13-5-3-6-14-37)42-27-23-40(24-28-42)38-15-7-4-8-16-38/h3-36H,1-2H3. The second-order valence-corrected chi connectivity index (χ2v) is 18.7. The zero-order valence-corrected chi connectivity index (χ0v) is 35.5. The highest BCUT2D eigenvalue weighted by Crippen LogP contribution is 2.59. The van der Waals surface area contributed by atoms with Crippen molar-refractivity contribution in [1.29, 1.82) is 0 Å².